The highest BCUT2D eigenvalue weighted by Crippen LogP contribution is 2.30. The van der Waals surface area contributed by atoms with Crippen molar-refractivity contribution in [2.24, 2.45) is 0 Å². The van der Waals surface area contributed by atoms with Crippen molar-refractivity contribution in [3.8, 4) is 22.6 Å². The van der Waals surface area contributed by atoms with Crippen LogP contribution in [0.25, 0.3) is 11.1 Å². The van der Waals surface area contributed by atoms with E-state index in [1.54, 1.807) is 19.1 Å². The molecule has 0 aliphatic heterocycles. The number of carbonyl (C=O) groups excluding carboxylic acids is 3. The molecule has 0 aromatic heterocycles. The van der Waals surface area contributed by atoms with Crippen molar-refractivity contribution < 1.29 is 42.5 Å². The predicted molar refractivity (Wildman–Crippen MR) is 135 cm³/mol. The molecular weight excluding hydrogens is 483 g/mol. The smallest absolute Gasteiger partial charge is 0.342 e. The number of rotatable bonds is 13. The van der Waals surface area contributed by atoms with Gasteiger partial charge >= 0.3 is 17.9 Å². The summed E-state index contributed by atoms with van der Waals surface area (Å²) in [6, 6.07) is 8.60. The minimum absolute atomic E-state index is 0.0126. The number of benzene rings is 2. The summed E-state index contributed by atoms with van der Waals surface area (Å²) in [5.74, 6) is -2.92. The molecule has 2 aromatic rings. The maximum Gasteiger partial charge on any atom is 0.342 e. The van der Waals surface area contributed by atoms with Crippen molar-refractivity contribution in [2.45, 2.75) is 20.8 Å². The van der Waals surface area contributed by atoms with Gasteiger partial charge in [0, 0.05) is 11.1 Å². The second-order valence-electron chi connectivity index (χ2n) is 8.15. The Morgan fingerprint density at radius 1 is 0.811 bits per heavy atom. The quantitative estimate of drug-likeness (QED) is 0.0905. The lowest BCUT2D eigenvalue weighted by Crippen LogP contribution is -2.16. The van der Waals surface area contributed by atoms with Gasteiger partial charge in [-0.1, -0.05) is 37.4 Å². The SMILES string of the molecule is C=C(C)COCOc1ccc(-c2ccc(OC(=O)C(=C)C)c(C(=O)OCCOC(=O)C(=C)C)c2)cc1F. The molecule has 0 saturated heterocycles. The number of carbonyl (C=O) groups is 3. The lowest BCUT2D eigenvalue weighted by molar-refractivity contribution is -0.140. The summed E-state index contributed by atoms with van der Waals surface area (Å²) in [6.45, 7) is 15.1. The Labute approximate surface area is 214 Å². The van der Waals surface area contributed by atoms with Crippen LogP contribution >= 0.6 is 0 Å². The standard InChI is InChI=1S/C28H29FO8/c1-17(2)15-33-16-36-25-10-8-21(14-23(25)29)20-7-9-24(37-27(31)19(5)6)22(13-20)28(32)35-12-11-34-26(30)18(3)4/h7-10,13-14H,1,3,5,11-12,15-16H2,2,4,6H3. The van der Waals surface area contributed by atoms with Gasteiger partial charge in [-0.15, -0.1) is 0 Å². The van der Waals surface area contributed by atoms with E-state index in [1.165, 1.54) is 38.1 Å². The van der Waals surface area contributed by atoms with Crippen molar-refractivity contribution in [3.05, 3.63) is 84.2 Å². The van der Waals surface area contributed by atoms with Crippen LogP contribution < -0.4 is 9.47 Å². The fraction of sp³-hybridized carbons (Fsp3) is 0.250. The third-order valence-electron chi connectivity index (χ3n) is 4.56. The molecule has 37 heavy (non-hydrogen) atoms. The highest BCUT2D eigenvalue weighted by molar-refractivity contribution is 5.97. The van der Waals surface area contributed by atoms with Crippen LogP contribution in [-0.2, 0) is 23.8 Å². The lowest BCUT2D eigenvalue weighted by atomic mass is 10.0. The molecule has 0 amide bonds. The van der Waals surface area contributed by atoms with Gasteiger partial charge in [0.2, 0.25) is 0 Å². The monoisotopic (exact) mass is 512 g/mol. The molecule has 0 atom stereocenters. The van der Waals surface area contributed by atoms with Crippen LogP contribution in [0.2, 0.25) is 0 Å². The van der Waals surface area contributed by atoms with Crippen LogP contribution in [0.1, 0.15) is 31.1 Å². The highest BCUT2D eigenvalue weighted by atomic mass is 19.1. The van der Waals surface area contributed by atoms with E-state index in [1.807, 2.05) is 0 Å². The molecule has 9 heteroatoms. The molecule has 2 rings (SSSR count). The van der Waals surface area contributed by atoms with Gasteiger partial charge in [0.05, 0.1) is 6.61 Å². The molecule has 0 bridgehead atoms. The fourth-order valence-corrected chi connectivity index (χ4v) is 2.73. The van der Waals surface area contributed by atoms with E-state index in [9.17, 15) is 18.8 Å². The van der Waals surface area contributed by atoms with E-state index in [-0.39, 0.29) is 54.8 Å². The maximum atomic E-state index is 14.6. The van der Waals surface area contributed by atoms with Gasteiger partial charge in [0.15, 0.2) is 18.4 Å². The molecule has 0 N–H and O–H groups in total. The Kier molecular flexibility index (Phi) is 10.8. The lowest BCUT2D eigenvalue weighted by Gasteiger charge is -2.13. The Morgan fingerprint density at radius 2 is 1.41 bits per heavy atom. The number of halogens is 1. The molecule has 0 aliphatic rings. The predicted octanol–water partition coefficient (Wildman–Crippen LogP) is 5.18. The summed E-state index contributed by atoms with van der Waals surface area (Å²) < 4.78 is 40.5. The van der Waals surface area contributed by atoms with E-state index in [0.29, 0.717) is 11.1 Å². The fourth-order valence-electron chi connectivity index (χ4n) is 2.73. The highest BCUT2D eigenvalue weighted by Gasteiger charge is 2.19. The molecule has 8 nitrogen and oxygen atoms in total. The van der Waals surface area contributed by atoms with Crippen molar-refractivity contribution in [2.75, 3.05) is 26.6 Å². The molecule has 0 unspecified atom stereocenters. The van der Waals surface area contributed by atoms with Gasteiger partial charge in [0.1, 0.15) is 24.5 Å². The summed E-state index contributed by atoms with van der Waals surface area (Å²) in [4.78, 5) is 36.3. The Bertz CT molecular complexity index is 1210. The number of ether oxygens (including phenoxy) is 5. The summed E-state index contributed by atoms with van der Waals surface area (Å²) in [5.41, 5.74) is 1.91. The molecular formula is C28H29FO8. The van der Waals surface area contributed by atoms with Crippen molar-refractivity contribution in [1.82, 2.24) is 0 Å². The van der Waals surface area contributed by atoms with E-state index in [4.69, 9.17) is 23.7 Å². The molecule has 2 aromatic carbocycles. The Morgan fingerprint density at radius 3 is 2.00 bits per heavy atom. The summed E-state index contributed by atoms with van der Waals surface area (Å²) in [6.07, 6.45) is 0. The van der Waals surface area contributed by atoms with Gasteiger partial charge in [-0.3, -0.25) is 0 Å². The zero-order chi connectivity index (χ0) is 27.5. The van der Waals surface area contributed by atoms with E-state index >= 15 is 0 Å². The van der Waals surface area contributed by atoms with Crippen LogP contribution in [-0.4, -0.2) is 44.5 Å². The first-order chi connectivity index (χ1) is 17.5. The van der Waals surface area contributed by atoms with Crippen LogP contribution in [0.4, 0.5) is 4.39 Å². The van der Waals surface area contributed by atoms with Crippen LogP contribution in [0.15, 0.2) is 72.9 Å². The Balaban J connectivity index is 2.23. The van der Waals surface area contributed by atoms with Crippen molar-refractivity contribution in [3.63, 3.8) is 0 Å². The molecule has 0 heterocycles. The normalized spacial score (nSPS) is 10.3. The molecule has 0 saturated carbocycles. The maximum absolute atomic E-state index is 14.6. The Hall–Kier alpha value is -4.24. The van der Waals surface area contributed by atoms with E-state index < -0.39 is 23.7 Å². The summed E-state index contributed by atoms with van der Waals surface area (Å²) >= 11 is 0. The molecule has 0 spiro atoms. The molecule has 0 aliphatic carbocycles. The second kappa shape index (κ2) is 13.7. The molecule has 196 valence electrons. The summed E-state index contributed by atoms with van der Waals surface area (Å²) in [7, 11) is 0. The van der Waals surface area contributed by atoms with Crippen LogP contribution in [0.5, 0.6) is 11.5 Å². The van der Waals surface area contributed by atoms with E-state index in [2.05, 4.69) is 19.7 Å². The van der Waals surface area contributed by atoms with Crippen molar-refractivity contribution in [1.29, 1.82) is 0 Å². The van der Waals surface area contributed by atoms with Gasteiger partial charge in [-0.05, 0) is 56.2 Å². The largest absolute Gasteiger partial charge is 0.464 e. The zero-order valence-corrected chi connectivity index (χ0v) is 21.1. The van der Waals surface area contributed by atoms with Gasteiger partial charge < -0.3 is 23.7 Å². The topological polar surface area (TPSA) is 97.4 Å². The van der Waals surface area contributed by atoms with E-state index in [0.717, 1.165) is 5.57 Å². The second-order valence-corrected chi connectivity index (χ2v) is 8.15. The third kappa shape index (κ3) is 9.05. The number of hydrogen-bond donors (Lipinski definition) is 0. The van der Waals surface area contributed by atoms with Crippen LogP contribution in [0.3, 0.4) is 0 Å². The first-order valence-corrected chi connectivity index (χ1v) is 11.2. The first-order valence-electron chi connectivity index (χ1n) is 11.2. The average molecular weight is 513 g/mol. The average Bonchev–Trinajstić information content (AvgIpc) is 2.84. The van der Waals surface area contributed by atoms with Gasteiger partial charge in [-0.2, -0.15) is 0 Å². The molecule has 0 radical (unpaired) electrons. The molecule has 0 fully saturated rings. The third-order valence-corrected chi connectivity index (χ3v) is 4.56. The van der Waals surface area contributed by atoms with Gasteiger partial charge in [0.25, 0.3) is 0 Å². The minimum Gasteiger partial charge on any atom is -0.464 e. The van der Waals surface area contributed by atoms with Gasteiger partial charge in [-0.25, -0.2) is 18.8 Å². The zero-order valence-electron chi connectivity index (χ0n) is 21.1. The van der Waals surface area contributed by atoms with Crippen LogP contribution in [0, 0.1) is 5.82 Å². The number of hydrogen-bond acceptors (Lipinski definition) is 8. The number of esters is 3. The minimum atomic E-state index is -0.840. The summed E-state index contributed by atoms with van der Waals surface area (Å²) in [5, 5.41) is 0. The first kappa shape index (κ1) is 29.0. The van der Waals surface area contributed by atoms with Crippen molar-refractivity contribution >= 4 is 17.9 Å².